The number of thiophene rings is 1. The first-order valence-electron chi connectivity index (χ1n) is 8.15. The molecule has 1 aliphatic heterocycles. The minimum absolute atomic E-state index is 0.00330. The first-order chi connectivity index (χ1) is 12.7. The van der Waals surface area contributed by atoms with Gasteiger partial charge in [0.15, 0.2) is 6.61 Å². The second kappa shape index (κ2) is 7.17. The van der Waals surface area contributed by atoms with E-state index in [4.69, 9.17) is 14.0 Å². The Morgan fingerprint density at radius 3 is 2.73 bits per heavy atom. The average Bonchev–Trinajstić information content (AvgIpc) is 3.30. The number of ether oxygens (including phenoxy) is 2. The fourth-order valence-electron chi connectivity index (χ4n) is 2.65. The number of hydrogen-bond acceptors (Lipinski definition) is 7. The van der Waals surface area contributed by atoms with Crippen molar-refractivity contribution in [3.05, 3.63) is 47.7 Å². The summed E-state index contributed by atoms with van der Waals surface area (Å²) < 4.78 is 15.9. The van der Waals surface area contributed by atoms with Crippen molar-refractivity contribution in [2.24, 2.45) is 0 Å². The highest BCUT2D eigenvalue weighted by Crippen LogP contribution is 2.29. The van der Waals surface area contributed by atoms with Crippen molar-refractivity contribution < 1.29 is 18.8 Å². The second-order valence-electron chi connectivity index (χ2n) is 5.89. The van der Waals surface area contributed by atoms with Crippen LogP contribution in [0.1, 0.15) is 11.8 Å². The molecule has 4 rings (SSSR count). The number of methoxy groups -OCH3 is 1. The molecule has 0 N–H and O–H groups in total. The zero-order valence-corrected chi connectivity index (χ0v) is 14.9. The van der Waals surface area contributed by atoms with Crippen molar-refractivity contribution in [1.82, 2.24) is 15.0 Å². The Balaban J connectivity index is 1.27. The maximum atomic E-state index is 12.2. The number of carbonyl (C=O) groups is 1. The Labute approximate surface area is 154 Å². The SMILES string of the molecule is COc1ccc(OCC(=O)N2CC(c3nc(-c4cccs4)no3)C2)cc1. The summed E-state index contributed by atoms with van der Waals surface area (Å²) in [7, 11) is 1.60. The van der Waals surface area contributed by atoms with E-state index in [9.17, 15) is 4.79 Å². The third kappa shape index (κ3) is 3.41. The summed E-state index contributed by atoms with van der Waals surface area (Å²) >= 11 is 1.56. The quantitative estimate of drug-likeness (QED) is 0.663. The summed E-state index contributed by atoms with van der Waals surface area (Å²) in [4.78, 5) is 19.3. The number of likely N-dealkylation sites (tertiary alicyclic amines) is 1. The Kier molecular flexibility index (Phi) is 4.57. The highest BCUT2D eigenvalue weighted by molar-refractivity contribution is 7.13. The fraction of sp³-hybridized carbons (Fsp3) is 0.278. The summed E-state index contributed by atoms with van der Waals surface area (Å²) in [5.74, 6) is 2.58. The van der Waals surface area contributed by atoms with Gasteiger partial charge in [0.05, 0.1) is 17.9 Å². The monoisotopic (exact) mass is 371 g/mol. The highest BCUT2D eigenvalue weighted by atomic mass is 32.1. The van der Waals surface area contributed by atoms with Crippen LogP contribution in [0, 0.1) is 0 Å². The van der Waals surface area contributed by atoms with Crippen LogP contribution in [0.15, 0.2) is 46.3 Å². The minimum atomic E-state index is -0.0601. The number of benzene rings is 1. The van der Waals surface area contributed by atoms with Gasteiger partial charge in [-0.25, -0.2) is 0 Å². The molecule has 7 nitrogen and oxygen atoms in total. The predicted molar refractivity (Wildman–Crippen MR) is 95.4 cm³/mol. The molecule has 3 aromatic rings. The van der Waals surface area contributed by atoms with Gasteiger partial charge in [0, 0.05) is 13.1 Å². The molecule has 26 heavy (non-hydrogen) atoms. The maximum absolute atomic E-state index is 12.2. The van der Waals surface area contributed by atoms with Crippen molar-refractivity contribution in [2.45, 2.75) is 5.92 Å². The fourth-order valence-corrected chi connectivity index (χ4v) is 3.30. The highest BCUT2D eigenvalue weighted by Gasteiger charge is 2.35. The van der Waals surface area contributed by atoms with Crippen molar-refractivity contribution >= 4 is 17.2 Å². The van der Waals surface area contributed by atoms with Crippen molar-refractivity contribution in [2.75, 3.05) is 26.8 Å². The van der Waals surface area contributed by atoms with Crippen LogP contribution in [-0.2, 0) is 4.79 Å². The van der Waals surface area contributed by atoms with Crippen LogP contribution in [0.2, 0.25) is 0 Å². The van der Waals surface area contributed by atoms with Crippen LogP contribution in [0.4, 0.5) is 0 Å². The van der Waals surface area contributed by atoms with Gasteiger partial charge in [0.1, 0.15) is 11.5 Å². The van der Waals surface area contributed by atoms with Gasteiger partial charge in [-0.15, -0.1) is 11.3 Å². The van der Waals surface area contributed by atoms with Gasteiger partial charge in [-0.2, -0.15) is 4.98 Å². The van der Waals surface area contributed by atoms with Crippen LogP contribution < -0.4 is 9.47 Å². The largest absolute Gasteiger partial charge is 0.497 e. The van der Waals surface area contributed by atoms with E-state index in [-0.39, 0.29) is 18.4 Å². The van der Waals surface area contributed by atoms with Gasteiger partial charge >= 0.3 is 0 Å². The molecule has 0 aliphatic carbocycles. The van der Waals surface area contributed by atoms with E-state index in [1.54, 1.807) is 47.6 Å². The number of nitrogens with zero attached hydrogens (tertiary/aromatic N) is 3. The van der Waals surface area contributed by atoms with Crippen LogP contribution in [0.5, 0.6) is 11.5 Å². The van der Waals surface area contributed by atoms with E-state index >= 15 is 0 Å². The molecular weight excluding hydrogens is 354 g/mol. The Bertz CT molecular complexity index is 870. The lowest BCUT2D eigenvalue weighted by Gasteiger charge is -2.36. The molecule has 0 atom stereocenters. The van der Waals surface area contributed by atoms with Crippen molar-refractivity contribution in [3.8, 4) is 22.2 Å². The molecule has 8 heteroatoms. The lowest BCUT2D eigenvalue weighted by Crippen LogP contribution is -2.50. The first-order valence-corrected chi connectivity index (χ1v) is 9.03. The van der Waals surface area contributed by atoms with Gasteiger partial charge in [-0.1, -0.05) is 11.2 Å². The molecular formula is C18H17N3O4S. The summed E-state index contributed by atoms with van der Waals surface area (Å²) in [6, 6.07) is 11.0. The molecule has 0 saturated carbocycles. The van der Waals surface area contributed by atoms with Gasteiger partial charge in [0.2, 0.25) is 11.7 Å². The standard InChI is InChI=1S/C18H17N3O4S/c1-23-13-4-6-14(7-5-13)24-11-16(22)21-9-12(10-21)18-19-17(20-25-18)15-3-2-8-26-15/h2-8,12H,9-11H2,1H3. The zero-order chi connectivity index (χ0) is 17.9. The lowest BCUT2D eigenvalue weighted by atomic mass is 10.0. The zero-order valence-electron chi connectivity index (χ0n) is 14.1. The minimum Gasteiger partial charge on any atom is -0.497 e. The van der Waals surface area contributed by atoms with E-state index in [2.05, 4.69) is 10.1 Å². The second-order valence-corrected chi connectivity index (χ2v) is 6.84. The smallest absolute Gasteiger partial charge is 0.260 e. The molecule has 3 heterocycles. The van der Waals surface area contributed by atoms with E-state index in [0.717, 1.165) is 10.6 Å². The van der Waals surface area contributed by atoms with Crippen LogP contribution in [0.3, 0.4) is 0 Å². The number of hydrogen-bond donors (Lipinski definition) is 0. The number of aromatic nitrogens is 2. The van der Waals surface area contributed by atoms with Gasteiger partial charge < -0.3 is 18.9 Å². The normalized spacial score (nSPS) is 14.1. The van der Waals surface area contributed by atoms with Crippen LogP contribution in [-0.4, -0.2) is 47.8 Å². The molecule has 1 amide bonds. The average molecular weight is 371 g/mol. The summed E-state index contributed by atoms with van der Waals surface area (Å²) in [5, 5.41) is 5.98. The molecule has 1 saturated heterocycles. The summed E-state index contributed by atoms with van der Waals surface area (Å²) in [6.07, 6.45) is 0. The molecule has 1 aliphatic rings. The molecule has 0 radical (unpaired) electrons. The molecule has 1 fully saturated rings. The molecule has 0 spiro atoms. The lowest BCUT2D eigenvalue weighted by molar-refractivity contribution is -0.138. The Hall–Kier alpha value is -2.87. The Morgan fingerprint density at radius 2 is 2.04 bits per heavy atom. The van der Waals surface area contributed by atoms with Crippen LogP contribution >= 0.6 is 11.3 Å². The van der Waals surface area contributed by atoms with E-state index in [1.165, 1.54) is 0 Å². The predicted octanol–water partition coefficient (Wildman–Crippen LogP) is 2.81. The van der Waals surface area contributed by atoms with E-state index in [1.807, 2.05) is 17.5 Å². The first kappa shape index (κ1) is 16.6. The van der Waals surface area contributed by atoms with E-state index in [0.29, 0.717) is 30.6 Å². The summed E-state index contributed by atoms with van der Waals surface area (Å²) in [6.45, 7) is 1.14. The molecule has 0 bridgehead atoms. The van der Waals surface area contributed by atoms with Crippen molar-refractivity contribution in [1.29, 1.82) is 0 Å². The van der Waals surface area contributed by atoms with E-state index < -0.39 is 0 Å². The molecule has 2 aromatic heterocycles. The number of rotatable bonds is 6. The van der Waals surface area contributed by atoms with Crippen molar-refractivity contribution in [3.63, 3.8) is 0 Å². The van der Waals surface area contributed by atoms with Crippen LogP contribution in [0.25, 0.3) is 10.7 Å². The van der Waals surface area contributed by atoms with Gasteiger partial charge in [-0.05, 0) is 35.7 Å². The number of carbonyl (C=O) groups excluding carboxylic acids is 1. The third-order valence-electron chi connectivity index (χ3n) is 4.19. The topological polar surface area (TPSA) is 77.7 Å². The Morgan fingerprint density at radius 1 is 1.27 bits per heavy atom. The van der Waals surface area contributed by atoms with Gasteiger partial charge in [-0.3, -0.25) is 4.79 Å². The van der Waals surface area contributed by atoms with Gasteiger partial charge in [0.25, 0.3) is 5.91 Å². The third-order valence-corrected chi connectivity index (χ3v) is 5.05. The molecule has 0 unspecified atom stereocenters. The molecule has 1 aromatic carbocycles. The summed E-state index contributed by atoms with van der Waals surface area (Å²) in [5.41, 5.74) is 0. The molecule has 134 valence electrons. The maximum Gasteiger partial charge on any atom is 0.260 e. The number of amides is 1.